The molecule has 21 heavy (non-hydrogen) atoms. The van der Waals surface area contributed by atoms with Gasteiger partial charge in [-0.15, -0.1) is 0 Å². The lowest BCUT2D eigenvalue weighted by Crippen LogP contribution is -2.30. The van der Waals surface area contributed by atoms with Gasteiger partial charge in [-0.05, 0) is 24.6 Å². The minimum Gasteiger partial charge on any atom is -0.345 e. The van der Waals surface area contributed by atoms with Crippen molar-refractivity contribution in [1.29, 1.82) is 0 Å². The Hall–Kier alpha value is -1.59. The summed E-state index contributed by atoms with van der Waals surface area (Å²) in [5.74, 6) is -0.646. The van der Waals surface area contributed by atoms with Crippen LogP contribution in [0.15, 0.2) is 18.2 Å². The Morgan fingerprint density at radius 2 is 2.05 bits per heavy atom. The van der Waals surface area contributed by atoms with Gasteiger partial charge < -0.3 is 16.0 Å². The molecule has 0 radical (unpaired) electrons. The smallest absolute Gasteiger partial charge is 0.255 e. The van der Waals surface area contributed by atoms with E-state index in [2.05, 4.69) is 5.32 Å². The van der Waals surface area contributed by atoms with Crippen molar-refractivity contribution in [3.63, 3.8) is 0 Å². The Kier molecular flexibility index (Phi) is 6.65. The molecule has 1 rings (SSSR count). The first kappa shape index (κ1) is 17.5. The van der Waals surface area contributed by atoms with Crippen LogP contribution in [0.2, 0.25) is 5.02 Å². The first-order valence-corrected chi connectivity index (χ1v) is 7.30. The molecule has 0 saturated heterocycles. The molecule has 116 valence electrons. The fourth-order valence-electron chi connectivity index (χ4n) is 1.99. The number of nitrogens with one attached hydrogen (secondary N) is 1. The van der Waals surface area contributed by atoms with Gasteiger partial charge in [-0.1, -0.05) is 24.9 Å². The van der Waals surface area contributed by atoms with Crippen molar-refractivity contribution in [2.45, 2.75) is 19.8 Å². The molecule has 0 bridgehead atoms. The summed E-state index contributed by atoms with van der Waals surface area (Å²) in [6.45, 7) is 2.27. The van der Waals surface area contributed by atoms with E-state index in [1.54, 1.807) is 32.3 Å². The normalized spacial score (nSPS) is 11.9. The number of anilines is 1. The molecule has 1 aromatic rings. The second-order valence-electron chi connectivity index (χ2n) is 5.10. The highest BCUT2D eigenvalue weighted by Gasteiger charge is 2.20. The van der Waals surface area contributed by atoms with Crippen LogP contribution in [-0.4, -0.2) is 37.4 Å². The molecule has 0 fully saturated rings. The van der Waals surface area contributed by atoms with Crippen LogP contribution in [0.5, 0.6) is 0 Å². The van der Waals surface area contributed by atoms with E-state index in [0.717, 1.165) is 6.42 Å². The Balaban J connectivity index is 3.03. The third-order valence-corrected chi connectivity index (χ3v) is 3.40. The molecule has 3 N–H and O–H groups in total. The molecule has 2 amide bonds. The molecule has 0 heterocycles. The molecule has 0 aliphatic carbocycles. The van der Waals surface area contributed by atoms with Crippen molar-refractivity contribution in [1.82, 2.24) is 4.90 Å². The van der Waals surface area contributed by atoms with Gasteiger partial charge in [-0.2, -0.15) is 0 Å². The number of carbonyl (C=O) groups excluding carboxylic acids is 2. The van der Waals surface area contributed by atoms with Gasteiger partial charge in [0.2, 0.25) is 5.91 Å². The van der Waals surface area contributed by atoms with E-state index >= 15 is 0 Å². The summed E-state index contributed by atoms with van der Waals surface area (Å²) >= 11 is 5.96. The molecule has 1 atom stereocenters. The zero-order chi connectivity index (χ0) is 16.0. The van der Waals surface area contributed by atoms with E-state index in [1.807, 2.05) is 6.92 Å². The monoisotopic (exact) mass is 311 g/mol. The molecular formula is C15H22ClN3O2. The third-order valence-electron chi connectivity index (χ3n) is 3.17. The van der Waals surface area contributed by atoms with Gasteiger partial charge >= 0.3 is 0 Å². The number of hydrogen-bond acceptors (Lipinski definition) is 3. The molecule has 0 aliphatic rings. The van der Waals surface area contributed by atoms with Crippen LogP contribution in [-0.2, 0) is 4.79 Å². The van der Waals surface area contributed by atoms with Crippen molar-refractivity contribution in [3.8, 4) is 0 Å². The quantitative estimate of drug-likeness (QED) is 0.846. The highest BCUT2D eigenvalue weighted by molar-refractivity contribution is 6.31. The van der Waals surface area contributed by atoms with Gasteiger partial charge in [0, 0.05) is 25.7 Å². The summed E-state index contributed by atoms with van der Waals surface area (Å²) in [5.41, 5.74) is 6.45. The van der Waals surface area contributed by atoms with Gasteiger partial charge in [0.25, 0.3) is 5.91 Å². The maximum absolute atomic E-state index is 12.2. The van der Waals surface area contributed by atoms with Crippen LogP contribution in [0.1, 0.15) is 30.1 Å². The van der Waals surface area contributed by atoms with Gasteiger partial charge in [0.1, 0.15) is 0 Å². The Labute approximate surface area is 130 Å². The van der Waals surface area contributed by atoms with Crippen LogP contribution in [0, 0.1) is 5.92 Å². The molecule has 1 unspecified atom stereocenters. The zero-order valence-corrected chi connectivity index (χ0v) is 13.4. The van der Waals surface area contributed by atoms with Gasteiger partial charge in [-0.25, -0.2) is 0 Å². The second kappa shape index (κ2) is 8.00. The van der Waals surface area contributed by atoms with Crippen LogP contribution in [0.3, 0.4) is 0 Å². The Morgan fingerprint density at radius 3 is 2.57 bits per heavy atom. The summed E-state index contributed by atoms with van der Waals surface area (Å²) in [6, 6.07) is 4.81. The van der Waals surface area contributed by atoms with Crippen molar-refractivity contribution >= 4 is 29.1 Å². The van der Waals surface area contributed by atoms with Gasteiger partial charge in [0.05, 0.1) is 17.2 Å². The molecule has 6 heteroatoms. The summed E-state index contributed by atoms with van der Waals surface area (Å²) in [7, 11) is 3.31. The molecular weight excluding hydrogens is 290 g/mol. The maximum Gasteiger partial charge on any atom is 0.255 e. The lowest BCUT2D eigenvalue weighted by Gasteiger charge is -2.18. The number of hydrogen-bond donors (Lipinski definition) is 2. The number of rotatable bonds is 6. The maximum atomic E-state index is 12.2. The Bertz CT molecular complexity index is 518. The Morgan fingerprint density at radius 1 is 1.38 bits per heavy atom. The number of nitrogens with two attached hydrogens (primary N) is 1. The summed E-state index contributed by atoms with van der Waals surface area (Å²) in [6.07, 6.45) is 1.58. The zero-order valence-electron chi connectivity index (χ0n) is 12.6. The van der Waals surface area contributed by atoms with E-state index in [4.69, 9.17) is 17.3 Å². The fraction of sp³-hybridized carbons (Fsp3) is 0.467. The van der Waals surface area contributed by atoms with Crippen molar-refractivity contribution in [2.75, 3.05) is 26.0 Å². The highest BCUT2D eigenvalue weighted by Crippen LogP contribution is 2.23. The number of halogens is 1. The van der Waals surface area contributed by atoms with Crippen LogP contribution in [0.25, 0.3) is 0 Å². The van der Waals surface area contributed by atoms with Gasteiger partial charge in [0.15, 0.2) is 0 Å². The number of carbonyl (C=O) groups is 2. The summed E-state index contributed by atoms with van der Waals surface area (Å²) in [5, 5.41) is 3.23. The average Bonchev–Trinajstić information content (AvgIpc) is 2.44. The lowest BCUT2D eigenvalue weighted by molar-refractivity contribution is -0.119. The minimum atomic E-state index is -0.267. The molecule has 0 saturated carbocycles. The third kappa shape index (κ3) is 4.72. The first-order chi connectivity index (χ1) is 9.90. The fourth-order valence-corrected chi connectivity index (χ4v) is 2.16. The van der Waals surface area contributed by atoms with Crippen molar-refractivity contribution < 1.29 is 9.59 Å². The van der Waals surface area contributed by atoms with E-state index in [-0.39, 0.29) is 24.3 Å². The predicted molar refractivity (Wildman–Crippen MR) is 85.6 cm³/mol. The predicted octanol–water partition coefficient (Wildman–Crippen LogP) is 2.36. The van der Waals surface area contributed by atoms with Crippen LogP contribution < -0.4 is 11.1 Å². The van der Waals surface area contributed by atoms with Gasteiger partial charge in [-0.3, -0.25) is 9.59 Å². The van der Waals surface area contributed by atoms with E-state index in [9.17, 15) is 9.59 Å². The average molecular weight is 312 g/mol. The van der Waals surface area contributed by atoms with Crippen molar-refractivity contribution in [2.24, 2.45) is 11.7 Å². The number of amides is 2. The topological polar surface area (TPSA) is 75.4 Å². The summed E-state index contributed by atoms with van der Waals surface area (Å²) < 4.78 is 0. The number of benzene rings is 1. The highest BCUT2D eigenvalue weighted by atomic mass is 35.5. The minimum absolute atomic E-state index is 0.186. The lowest BCUT2D eigenvalue weighted by atomic mass is 10.0. The molecule has 1 aromatic carbocycles. The largest absolute Gasteiger partial charge is 0.345 e. The molecule has 0 aromatic heterocycles. The second-order valence-corrected chi connectivity index (χ2v) is 5.54. The SMILES string of the molecule is CCCC(CN)C(=O)Nc1cc(Cl)ccc1C(=O)N(C)C. The van der Waals surface area contributed by atoms with Crippen LogP contribution in [0.4, 0.5) is 5.69 Å². The first-order valence-electron chi connectivity index (χ1n) is 6.92. The number of nitrogens with zero attached hydrogens (tertiary/aromatic N) is 1. The molecule has 0 aliphatic heterocycles. The van der Waals surface area contributed by atoms with Crippen LogP contribution >= 0.6 is 11.6 Å². The van der Waals surface area contributed by atoms with E-state index in [0.29, 0.717) is 22.7 Å². The standard InChI is InChI=1S/C15H22ClN3O2/c1-4-5-10(9-17)14(20)18-13-8-11(16)6-7-12(13)15(21)19(2)3/h6-8,10H,4-5,9,17H2,1-3H3,(H,18,20). The van der Waals surface area contributed by atoms with E-state index in [1.165, 1.54) is 4.90 Å². The van der Waals surface area contributed by atoms with Crippen molar-refractivity contribution in [3.05, 3.63) is 28.8 Å². The molecule has 5 nitrogen and oxygen atoms in total. The van der Waals surface area contributed by atoms with E-state index < -0.39 is 0 Å². The molecule has 0 spiro atoms. The summed E-state index contributed by atoms with van der Waals surface area (Å²) in [4.78, 5) is 25.8.